The van der Waals surface area contributed by atoms with Gasteiger partial charge in [0.2, 0.25) is 0 Å². The van der Waals surface area contributed by atoms with Crippen LogP contribution in [-0.4, -0.2) is 67.3 Å². The zero-order chi connectivity index (χ0) is 14.4. The number of likely N-dealkylation sites (N-methyl/N-ethyl adjacent to an activating group) is 1. The maximum atomic E-state index is 12.1. The molecule has 1 rings (SSSR count). The van der Waals surface area contributed by atoms with Crippen molar-refractivity contribution < 1.29 is 9.53 Å². The lowest BCUT2D eigenvalue weighted by atomic mass is 10.2. The summed E-state index contributed by atoms with van der Waals surface area (Å²) in [7, 11) is 2.10. The van der Waals surface area contributed by atoms with Crippen molar-refractivity contribution in [1.82, 2.24) is 15.1 Å². The Morgan fingerprint density at radius 3 is 2.53 bits per heavy atom. The van der Waals surface area contributed by atoms with E-state index >= 15 is 0 Å². The highest BCUT2D eigenvalue weighted by Crippen LogP contribution is 2.10. The molecule has 3 unspecified atom stereocenters. The van der Waals surface area contributed by atoms with E-state index in [0.717, 1.165) is 13.0 Å². The Morgan fingerprint density at radius 1 is 1.42 bits per heavy atom. The van der Waals surface area contributed by atoms with E-state index in [1.54, 1.807) is 0 Å². The topological polar surface area (TPSA) is 44.8 Å². The lowest BCUT2D eigenvalue weighted by molar-refractivity contribution is -0.0545. The largest absolute Gasteiger partial charge is 0.372 e. The fraction of sp³-hybridized carbons (Fsp3) is 0.929. The molecule has 19 heavy (non-hydrogen) atoms. The van der Waals surface area contributed by atoms with E-state index in [1.807, 2.05) is 18.7 Å². The fourth-order valence-corrected chi connectivity index (χ4v) is 2.33. The van der Waals surface area contributed by atoms with Crippen LogP contribution in [0.15, 0.2) is 0 Å². The first-order chi connectivity index (χ1) is 8.93. The van der Waals surface area contributed by atoms with E-state index < -0.39 is 0 Å². The minimum Gasteiger partial charge on any atom is -0.372 e. The van der Waals surface area contributed by atoms with Crippen LogP contribution in [0.3, 0.4) is 0 Å². The van der Waals surface area contributed by atoms with Crippen molar-refractivity contribution in [1.29, 1.82) is 0 Å². The molecule has 1 aliphatic rings. The highest BCUT2D eigenvalue weighted by molar-refractivity contribution is 5.74. The summed E-state index contributed by atoms with van der Waals surface area (Å²) in [5.41, 5.74) is 0. The van der Waals surface area contributed by atoms with E-state index in [4.69, 9.17) is 4.74 Å². The van der Waals surface area contributed by atoms with Gasteiger partial charge in [-0.15, -0.1) is 0 Å². The summed E-state index contributed by atoms with van der Waals surface area (Å²) in [4.78, 5) is 16.2. The number of hydrogen-bond acceptors (Lipinski definition) is 3. The molecule has 0 aromatic heterocycles. The van der Waals surface area contributed by atoms with Gasteiger partial charge in [-0.05, 0) is 34.2 Å². The molecule has 1 aliphatic heterocycles. The number of hydrogen-bond donors (Lipinski definition) is 1. The van der Waals surface area contributed by atoms with Gasteiger partial charge in [0, 0.05) is 32.2 Å². The SMILES string of the molecule is CCC(C)N(C)CCNC(=O)N1CC(C)OC(C)C1. The second-order valence-electron chi connectivity index (χ2n) is 5.63. The molecular formula is C14H29N3O2. The Bertz CT molecular complexity index is 276. The van der Waals surface area contributed by atoms with Crippen LogP contribution in [0.1, 0.15) is 34.1 Å². The first-order valence-corrected chi connectivity index (χ1v) is 7.32. The molecule has 0 saturated carbocycles. The predicted octanol–water partition coefficient (Wildman–Crippen LogP) is 1.54. The molecular weight excluding hydrogens is 242 g/mol. The number of carbonyl (C=O) groups excluding carboxylic acids is 1. The monoisotopic (exact) mass is 271 g/mol. The Kier molecular flexibility index (Phi) is 6.58. The van der Waals surface area contributed by atoms with E-state index in [-0.39, 0.29) is 18.2 Å². The number of rotatable bonds is 5. The van der Waals surface area contributed by atoms with E-state index in [9.17, 15) is 4.79 Å². The highest BCUT2D eigenvalue weighted by atomic mass is 16.5. The number of carbonyl (C=O) groups is 1. The maximum Gasteiger partial charge on any atom is 0.317 e. The number of nitrogens with one attached hydrogen (secondary N) is 1. The molecule has 0 bridgehead atoms. The first-order valence-electron chi connectivity index (χ1n) is 7.32. The van der Waals surface area contributed by atoms with Crippen LogP contribution in [-0.2, 0) is 4.74 Å². The van der Waals surface area contributed by atoms with Gasteiger partial charge in [-0.1, -0.05) is 6.92 Å². The average Bonchev–Trinajstić information content (AvgIpc) is 2.36. The van der Waals surface area contributed by atoms with Crippen LogP contribution in [0.4, 0.5) is 4.79 Å². The zero-order valence-corrected chi connectivity index (χ0v) is 13.0. The van der Waals surface area contributed by atoms with Crippen LogP contribution in [0, 0.1) is 0 Å². The minimum absolute atomic E-state index is 0.0274. The number of urea groups is 1. The van der Waals surface area contributed by atoms with Gasteiger partial charge in [0.1, 0.15) is 0 Å². The highest BCUT2D eigenvalue weighted by Gasteiger charge is 2.25. The molecule has 0 radical (unpaired) electrons. The third-order valence-corrected chi connectivity index (χ3v) is 3.79. The fourth-order valence-electron chi connectivity index (χ4n) is 2.33. The maximum absolute atomic E-state index is 12.1. The van der Waals surface area contributed by atoms with E-state index in [1.165, 1.54) is 0 Å². The molecule has 0 aromatic carbocycles. The van der Waals surface area contributed by atoms with Gasteiger partial charge < -0.3 is 19.9 Å². The van der Waals surface area contributed by atoms with Crippen molar-refractivity contribution in [3.8, 4) is 0 Å². The van der Waals surface area contributed by atoms with Crippen LogP contribution >= 0.6 is 0 Å². The second-order valence-corrected chi connectivity index (χ2v) is 5.63. The van der Waals surface area contributed by atoms with Gasteiger partial charge in [0.15, 0.2) is 0 Å². The summed E-state index contributed by atoms with van der Waals surface area (Å²) >= 11 is 0. The van der Waals surface area contributed by atoms with Crippen LogP contribution < -0.4 is 5.32 Å². The Morgan fingerprint density at radius 2 is 2.00 bits per heavy atom. The van der Waals surface area contributed by atoms with Crippen molar-refractivity contribution in [2.75, 3.05) is 33.2 Å². The van der Waals surface area contributed by atoms with Gasteiger partial charge in [-0.25, -0.2) is 4.79 Å². The molecule has 5 nitrogen and oxygen atoms in total. The number of amides is 2. The second kappa shape index (κ2) is 7.70. The Labute approximate surface area is 117 Å². The molecule has 2 amide bonds. The average molecular weight is 271 g/mol. The first kappa shape index (κ1) is 16.2. The predicted molar refractivity (Wildman–Crippen MR) is 77.4 cm³/mol. The quantitative estimate of drug-likeness (QED) is 0.825. The number of morpholine rings is 1. The third-order valence-electron chi connectivity index (χ3n) is 3.79. The van der Waals surface area contributed by atoms with Crippen molar-refractivity contribution in [3.63, 3.8) is 0 Å². The third kappa shape index (κ3) is 5.37. The summed E-state index contributed by atoms with van der Waals surface area (Å²) < 4.78 is 5.63. The van der Waals surface area contributed by atoms with Gasteiger partial charge in [0.05, 0.1) is 12.2 Å². The summed E-state index contributed by atoms with van der Waals surface area (Å²) in [5.74, 6) is 0. The summed E-state index contributed by atoms with van der Waals surface area (Å²) in [6.07, 6.45) is 1.37. The molecule has 0 aliphatic carbocycles. The van der Waals surface area contributed by atoms with Gasteiger partial charge in [-0.2, -0.15) is 0 Å². The van der Waals surface area contributed by atoms with Crippen LogP contribution in [0.25, 0.3) is 0 Å². The lowest BCUT2D eigenvalue weighted by Gasteiger charge is -2.35. The van der Waals surface area contributed by atoms with E-state index in [0.29, 0.717) is 25.7 Å². The molecule has 1 N–H and O–H groups in total. The number of ether oxygens (including phenoxy) is 1. The van der Waals surface area contributed by atoms with E-state index in [2.05, 4.69) is 31.1 Å². The molecule has 0 spiro atoms. The van der Waals surface area contributed by atoms with Crippen molar-refractivity contribution >= 4 is 6.03 Å². The zero-order valence-electron chi connectivity index (χ0n) is 13.0. The van der Waals surface area contributed by atoms with Gasteiger partial charge >= 0.3 is 6.03 Å². The van der Waals surface area contributed by atoms with Crippen molar-refractivity contribution in [2.24, 2.45) is 0 Å². The van der Waals surface area contributed by atoms with Crippen LogP contribution in [0.2, 0.25) is 0 Å². The standard InChI is InChI=1S/C14H29N3O2/c1-6-11(2)16(5)8-7-15-14(18)17-9-12(3)19-13(4)10-17/h11-13H,6-10H2,1-5H3,(H,15,18). The molecule has 3 atom stereocenters. The number of nitrogens with zero attached hydrogens (tertiary/aromatic N) is 2. The summed E-state index contributed by atoms with van der Waals surface area (Å²) in [5, 5.41) is 2.99. The van der Waals surface area contributed by atoms with Gasteiger partial charge in [0.25, 0.3) is 0 Å². The molecule has 0 aromatic rings. The Balaban J connectivity index is 2.27. The molecule has 1 heterocycles. The molecule has 5 heteroatoms. The molecule has 112 valence electrons. The van der Waals surface area contributed by atoms with Gasteiger partial charge in [-0.3, -0.25) is 0 Å². The summed E-state index contributed by atoms with van der Waals surface area (Å²) in [6, 6.07) is 0.583. The normalized spacial score (nSPS) is 25.5. The summed E-state index contributed by atoms with van der Waals surface area (Å²) in [6.45, 7) is 11.3. The van der Waals surface area contributed by atoms with Crippen molar-refractivity contribution in [3.05, 3.63) is 0 Å². The smallest absolute Gasteiger partial charge is 0.317 e. The van der Waals surface area contributed by atoms with Crippen LogP contribution in [0.5, 0.6) is 0 Å². The molecule has 1 saturated heterocycles. The lowest BCUT2D eigenvalue weighted by Crippen LogP contribution is -2.52. The Hall–Kier alpha value is -0.810. The minimum atomic E-state index is 0.0274. The molecule has 1 fully saturated rings. The van der Waals surface area contributed by atoms with Crippen molar-refractivity contribution in [2.45, 2.75) is 52.4 Å².